The van der Waals surface area contributed by atoms with Gasteiger partial charge >= 0.3 is 0 Å². The first kappa shape index (κ1) is 21.0. The van der Waals surface area contributed by atoms with Gasteiger partial charge in [-0.1, -0.05) is 40.2 Å². The lowest BCUT2D eigenvalue weighted by atomic mass is 10.1. The van der Waals surface area contributed by atoms with Crippen molar-refractivity contribution in [2.75, 3.05) is 12.4 Å². The number of halogens is 1. The van der Waals surface area contributed by atoms with Crippen LogP contribution in [0.1, 0.15) is 15.9 Å². The van der Waals surface area contributed by atoms with Crippen molar-refractivity contribution >= 4 is 55.9 Å². The van der Waals surface area contributed by atoms with Gasteiger partial charge in [-0.3, -0.25) is 10.1 Å². The second-order valence-corrected chi connectivity index (χ2v) is 8.22. The van der Waals surface area contributed by atoms with Crippen molar-refractivity contribution in [1.82, 2.24) is 15.3 Å². The Morgan fingerprint density at radius 3 is 2.71 bits per heavy atom. The molecular formula is C23H19BrN4O2S. The van der Waals surface area contributed by atoms with Crippen LogP contribution in [0.3, 0.4) is 0 Å². The van der Waals surface area contributed by atoms with Crippen molar-refractivity contribution in [1.29, 1.82) is 0 Å². The molecule has 0 atom stereocenters. The quantitative estimate of drug-likeness (QED) is 0.329. The summed E-state index contributed by atoms with van der Waals surface area (Å²) in [7, 11) is 1.53. The molecule has 156 valence electrons. The summed E-state index contributed by atoms with van der Waals surface area (Å²) in [4.78, 5) is 20.7. The highest BCUT2D eigenvalue weighted by atomic mass is 79.9. The van der Waals surface area contributed by atoms with Gasteiger partial charge in [0.1, 0.15) is 11.6 Å². The van der Waals surface area contributed by atoms with E-state index in [-0.39, 0.29) is 11.0 Å². The number of benzene rings is 3. The smallest absolute Gasteiger partial charge is 0.261 e. The predicted molar refractivity (Wildman–Crippen MR) is 131 cm³/mol. The van der Waals surface area contributed by atoms with Crippen LogP contribution in [-0.2, 0) is 0 Å². The molecule has 0 unspecified atom stereocenters. The molecule has 0 saturated carbocycles. The predicted octanol–water partition coefficient (Wildman–Crippen LogP) is 5.44. The maximum atomic E-state index is 12.8. The molecule has 0 radical (unpaired) electrons. The minimum absolute atomic E-state index is 0.187. The highest BCUT2D eigenvalue weighted by Crippen LogP contribution is 2.28. The van der Waals surface area contributed by atoms with Gasteiger partial charge in [-0.05, 0) is 61.1 Å². The number of thiocarbonyl (C=S) groups is 1. The number of aromatic amines is 1. The summed E-state index contributed by atoms with van der Waals surface area (Å²) < 4.78 is 6.17. The van der Waals surface area contributed by atoms with E-state index >= 15 is 0 Å². The summed E-state index contributed by atoms with van der Waals surface area (Å²) in [6.45, 7) is 1.88. The summed E-state index contributed by atoms with van der Waals surface area (Å²) in [6.07, 6.45) is 0. The Bertz CT molecular complexity index is 1270. The molecule has 4 aromatic rings. The highest BCUT2D eigenvalue weighted by Gasteiger charge is 2.17. The number of nitrogens with one attached hydrogen (secondary N) is 3. The van der Waals surface area contributed by atoms with Crippen molar-refractivity contribution < 1.29 is 9.53 Å². The number of methoxy groups -OCH3 is 1. The lowest BCUT2D eigenvalue weighted by Gasteiger charge is -2.14. The molecule has 0 spiro atoms. The number of hydrogen-bond donors (Lipinski definition) is 3. The van der Waals surface area contributed by atoms with E-state index in [4.69, 9.17) is 17.0 Å². The first-order valence-corrected chi connectivity index (χ1v) is 10.7. The third-order valence-corrected chi connectivity index (χ3v) is 5.36. The number of anilines is 1. The van der Waals surface area contributed by atoms with Crippen LogP contribution in [0.4, 0.5) is 5.69 Å². The van der Waals surface area contributed by atoms with Crippen LogP contribution in [0.5, 0.6) is 5.75 Å². The molecular weight excluding hydrogens is 476 g/mol. The molecule has 6 nitrogen and oxygen atoms in total. The average molecular weight is 495 g/mol. The number of aryl methyl sites for hydroxylation is 1. The van der Waals surface area contributed by atoms with Gasteiger partial charge < -0.3 is 15.0 Å². The number of nitrogens with zero attached hydrogens (tertiary/aromatic N) is 1. The number of hydrogen-bond acceptors (Lipinski definition) is 4. The number of rotatable bonds is 4. The first-order valence-electron chi connectivity index (χ1n) is 9.46. The van der Waals surface area contributed by atoms with Crippen LogP contribution in [0.2, 0.25) is 0 Å². The zero-order valence-electron chi connectivity index (χ0n) is 16.8. The largest absolute Gasteiger partial charge is 0.496 e. The van der Waals surface area contributed by atoms with E-state index < -0.39 is 0 Å². The fourth-order valence-corrected chi connectivity index (χ4v) is 4.12. The molecule has 0 bridgehead atoms. The summed E-state index contributed by atoms with van der Waals surface area (Å²) in [5.74, 6) is 0.914. The summed E-state index contributed by atoms with van der Waals surface area (Å²) in [5, 5.41) is 5.96. The molecule has 0 saturated heterocycles. The molecule has 1 amide bonds. The molecule has 31 heavy (non-hydrogen) atoms. The SMILES string of the molecule is COc1c(C)cc(Br)cc1C(=O)NC(=S)Nc1cccc(-c2nc3ccccc3[nH]2)c1. The fourth-order valence-electron chi connectivity index (χ4n) is 3.34. The maximum Gasteiger partial charge on any atom is 0.261 e. The number of H-pyrrole nitrogens is 1. The van der Waals surface area contributed by atoms with E-state index in [9.17, 15) is 4.79 Å². The maximum absolute atomic E-state index is 12.8. The van der Waals surface area contributed by atoms with Gasteiger partial charge in [-0.2, -0.15) is 0 Å². The van der Waals surface area contributed by atoms with Gasteiger partial charge in [0, 0.05) is 15.7 Å². The lowest BCUT2D eigenvalue weighted by molar-refractivity contribution is 0.0974. The molecule has 1 aromatic heterocycles. The van der Waals surface area contributed by atoms with Crippen LogP contribution in [0.15, 0.2) is 65.1 Å². The Hall–Kier alpha value is -3.23. The molecule has 8 heteroatoms. The van der Waals surface area contributed by atoms with Crippen molar-refractivity contribution in [3.8, 4) is 17.1 Å². The van der Waals surface area contributed by atoms with Crippen molar-refractivity contribution in [3.05, 3.63) is 76.3 Å². The van der Waals surface area contributed by atoms with Crippen LogP contribution < -0.4 is 15.4 Å². The Labute approximate surface area is 193 Å². The minimum Gasteiger partial charge on any atom is -0.496 e. The second kappa shape index (κ2) is 8.87. The average Bonchev–Trinajstić information content (AvgIpc) is 3.17. The molecule has 3 aromatic carbocycles. The molecule has 0 fully saturated rings. The van der Waals surface area contributed by atoms with Gasteiger partial charge in [0.2, 0.25) is 0 Å². The van der Waals surface area contributed by atoms with Crippen molar-refractivity contribution in [2.24, 2.45) is 0 Å². The second-order valence-electron chi connectivity index (χ2n) is 6.90. The first-order chi connectivity index (χ1) is 14.9. The van der Waals surface area contributed by atoms with Crippen molar-refractivity contribution in [3.63, 3.8) is 0 Å². The monoisotopic (exact) mass is 494 g/mol. The number of para-hydroxylation sites is 2. The third-order valence-electron chi connectivity index (χ3n) is 4.70. The Balaban J connectivity index is 1.51. The molecule has 4 rings (SSSR count). The van der Waals surface area contributed by atoms with E-state index in [1.54, 1.807) is 6.07 Å². The van der Waals surface area contributed by atoms with E-state index in [2.05, 4.69) is 36.5 Å². The molecule has 0 aliphatic carbocycles. The number of carbonyl (C=O) groups excluding carboxylic acids is 1. The number of fused-ring (bicyclic) bond motifs is 1. The van der Waals surface area contributed by atoms with Gasteiger partial charge in [-0.15, -0.1) is 0 Å². The standard InChI is InChI=1S/C23H19BrN4O2S/c1-13-10-15(24)12-17(20(13)30-2)22(29)28-23(31)25-16-7-5-6-14(11-16)21-26-18-8-3-4-9-19(18)27-21/h3-12H,1-2H3,(H,26,27)(H2,25,28,29,31). The Kier molecular flexibility index (Phi) is 6.01. The topological polar surface area (TPSA) is 79.0 Å². The van der Waals surface area contributed by atoms with E-state index in [0.717, 1.165) is 38.1 Å². The molecule has 0 aliphatic rings. The normalized spacial score (nSPS) is 10.7. The van der Waals surface area contributed by atoms with Crippen LogP contribution in [0, 0.1) is 6.92 Å². The number of aromatic nitrogens is 2. The van der Waals surface area contributed by atoms with Gasteiger partial charge in [0.15, 0.2) is 5.11 Å². The van der Waals surface area contributed by atoms with Gasteiger partial charge in [0.05, 0.1) is 23.7 Å². The summed E-state index contributed by atoms with van der Waals surface area (Å²) in [5.41, 5.74) is 4.75. The summed E-state index contributed by atoms with van der Waals surface area (Å²) >= 11 is 8.77. The zero-order valence-corrected chi connectivity index (χ0v) is 19.2. The molecule has 3 N–H and O–H groups in total. The van der Waals surface area contributed by atoms with Crippen LogP contribution in [-0.4, -0.2) is 28.1 Å². The number of carbonyl (C=O) groups is 1. The number of ether oxygens (including phenoxy) is 1. The Morgan fingerprint density at radius 1 is 1.13 bits per heavy atom. The zero-order chi connectivity index (χ0) is 22.0. The fraction of sp³-hybridized carbons (Fsp3) is 0.0870. The van der Waals surface area contributed by atoms with Gasteiger partial charge in [-0.25, -0.2) is 4.98 Å². The molecule has 0 aliphatic heterocycles. The van der Waals surface area contributed by atoms with E-state index in [1.165, 1.54) is 7.11 Å². The van der Waals surface area contributed by atoms with Crippen LogP contribution >= 0.6 is 28.1 Å². The van der Waals surface area contributed by atoms with E-state index in [0.29, 0.717) is 11.3 Å². The molecule has 1 heterocycles. The number of amides is 1. The number of imidazole rings is 1. The van der Waals surface area contributed by atoms with Gasteiger partial charge in [0.25, 0.3) is 5.91 Å². The summed E-state index contributed by atoms with van der Waals surface area (Å²) in [6, 6.07) is 19.1. The van der Waals surface area contributed by atoms with Crippen molar-refractivity contribution in [2.45, 2.75) is 6.92 Å². The third kappa shape index (κ3) is 4.60. The Morgan fingerprint density at radius 2 is 1.94 bits per heavy atom. The van der Waals surface area contributed by atoms with Crippen LogP contribution in [0.25, 0.3) is 22.4 Å². The highest BCUT2D eigenvalue weighted by molar-refractivity contribution is 9.10. The van der Waals surface area contributed by atoms with E-state index in [1.807, 2.05) is 61.5 Å². The minimum atomic E-state index is -0.354. The lowest BCUT2D eigenvalue weighted by Crippen LogP contribution is -2.34.